The molecule has 0 saturated heterocycles. The summed E-state index contributed by atoms with van der Waals surface area (Å²) in [7, 11) is 3.18. The van der Waals surface area contributed by atoms with Crippen molar-refractivity contribution in [1.29, 1.82) is 0 Å². The smallest absolute Gasteiger partial charge is 0.311 e. The van der Waals surface area contributed by atoms with E-state index in [1.807, 2.05) is 36.4 Å². The van der Waals surface area contributed by atoms with Gasteiger partial charge in [0.1, 0.15) is 5.75 Å². The van der Waals surface area contributed by atoms with Crippen LogP contribution in [0.25, 0.3) is 0 Å². The van der Waals surface area contributed by atoms with Crippen molar-refractivity contribution in [2.45, 2.75) is 39.0 Å². The molecule has 0 aromatic heterocycles. The van der Waals surface area contributed by atoms with Crippen LogP contribution in [0.5, 0.6) is 17.2 Å². The SMILES string of the molecule is COc1cc(Br)c(CCC(=O)Oc2ccc(C(C)(C)C)cc2)cc1OC. The lowest BCUT2D eigenvalue weighted by Crippen LogP contribution is -2.12. The molecular weight excluding hydrogens is 396 g/mol. The summed E-state index contributed by atoms with van der Waals surface area (Å²) in [5.41, 5.74) is 2.23. The molecule has 0 bridgehead atoms. The summed E-state index contributed by atoms with van der Waals surface area (Å²) < 4.78 is 16.9. The van der Waals surface area contributed by atoms with Crippen molar-refractivity contribution in [3.63, 3.8) is 0 Å². The van der Waals surface area contributed by atoms with Crippen molar-refractivity contribution >= 4 is 21.9 Å². The predicted molar refractivity (Wildman–Crippen MR) is 106 cm³/mol. The standard InChI is InChI=1S/C21H25BrO4/c1-21(2,3)15-7-9-16(10-8-15)26-20(23)11-6-14-12-18(24-4)19(25-5)13-17(14)22/h7-10,12-13H,6,11H2,1-5H3. The maximum absolute atomic E-state index is 12.2. The lowest BCUT2D eigenvalue weighted by atomic mass is 9.87. The molecule has 140 valence electrons. The average molecular weight is 421 g/mol. The number of rotatable bonds is 6. The van der Waals surface area contributed by atoms with Gasteiger partial charge in [0.2, 0.25) is 0 Å². The molecule has 0 saturated carbocycles. The largest absolute Gasteiger partial charge is 0.493 e. The van der Waals surface area contributed by atoms with Crippen molar-refractivity contribution in [3.05, 3.63) is 52.0 Å². The minimum atomic E-state index is -0.268. The van der Waals surface area contributed by atoms with Gasteiger partial charge in [0, 0.05) is 4.47 Å². The summed E-state index contributed by atoms with van der Waals surface area (Å²) >= 11 is 3.51. The van der Waals surface area contributed by atoms with Crippen LogP contribution in [0.4, 0.5) is 0 Å². The van der Waals surface area contributed by atoms with E-state index < -0.39 is 0 Å². The van der Waals surface area contributed by atoms with Crippen LogP contribution < -0.4 is 14.2 Å². The van der Waals surface area contributed by atoms with Gasteiger partial charge in [-0.25, -0.2) is 0 Å². The lowest BCUT2D eigenvalue weighted by Gasteiger charge is -2.19. The summed E-state index contributed by atoms with van der Waals surface area (Å²) in [4.78, 5) is 12.2. The topological polar surface area (TPSA) is 44.8 Å². The Hall–Kier alpha value is -2.01. The molecule has 4 nitrogen and oxygen atoms in total. The molecular formula is C21H25BrO4. The second kappa shape index (κ2) is 8.58. The molecule has 0 fully saturated rings. The third-order valence-corrected chi connectivity index (χ3v) is 4.84. The normalized spacial score (nSPS) is 11.2. The van der Waals surface area contributed by atoms with Crippen molar-refractivity contribution < 1.29 is 19.0 Å². The van der Waals surface area contributed by atoms with E-state index >= 15 is 0 Å². The minimum absolute atomic E-state index is 0.0717. The van der Waals surface area contributed by atoms with Crippen molar-refractivity contribution in [2.24, 2.45) is 0 Å². The number of carbonyl (C=O) groups excluding carboxylic acids is 1. The number of methoxy groups -OCH3 is 2. The fraction of sp³-hybridized carbons (Fsp3) is 0.381. The first kappa shape index (κ1) is 20.3. The fourth-order valence-corrected chi connectivity index (χ4v) is 3.05. The first-order chi connectivity index (χ1) is 12.2. The highest BCUT2D eigenvalue weighted by Crippen LogP contribution is 2.34. The quantitative estimate of drug-likeness (QED) is 0.469. The van der Waals surface area contributed by atoms with Gasteiger partial charge in [-0.2, -0.15) is 0 Å². The molecule has 0 atom stereocenters. The zero-order chi connectivity index (χ0) is 19.3. The Kier molecular flexibility index (Phi) is 6.70. The molecule has 0 N–H and O–H groups in total. The molecule has 0 aliphatic rings. The summed E-state index contributed by atoms with van der Waals surface area (Å²) in [6.07, 6.45) is 0.814. The van der Waals surface area contributed by atoms with Crippen molar-refractivity contribution in [3.8, 4) is 17.2 Å². The van der Waals surface area contributed by atoms with Gasteiger partial charge in [-0.15, -0.1) is 0 Å². The van der Waals surface area contributed by atoms with Gasteiger partial charge >= 0.3 is 5.97 Å². The van der Waals surface area contributed by atoms with E-state index in [-0.39, 0.29) is 17.8 Å². The molecule has 0 heterocycles. The second-order valence-corrected chi connectivity index (χ2v) is 7.90. The Morgan fingerprint density at radius 2 is 1.58 bits per heavy atom. The second-order valence-electron chi connectivity index (χ2n) is 7.05. The number of ether oxygens (including phenoxy) is 3. The van der Waals surface area contributed by atoms with Gasteiger partial charge in [0.25, 0.3) is 0 Å². The van der Waals surface area contributed by atoms with E-state index in [9.17, 15) is 4.79 Å². The summed E-state index contributed by atoms with van der Waals surface area (Å²) in [6, 6.07) is 11.4. The maximum atomic E-state index is 12.2. The Morgan fingerprint density at radius 1 is 1.00 bits per heavy atom. The maximum Gasteiger partial charge on any atom is 0.311 e. The number of aryl methyl sites for hydroxylation is 1. The number of hydrogen-bond donors (Lipinski definition) is 0. The van der Waals surface area contributed by atoms with Gasteiger partial charge in [-0.05, 0) is 47.2 Å². The third kappa shape index (κ3) is 5.24. The van der Waals surface area contributed by atoms with Crippen molar-refractivity contribution in [2.75, 3.05) is 14.2 Å². The molecule has 0 unspecified atom stereocenters. The Labute approximate surface area is 163 Å². The average Bonchev–Trinajstić information content (AvgIpc) is 2.60. The summed E-state index contributed by atoms with van der Waals surface area (Å²) in [5, 5.41) is 0. The molecule has 2 aromatic rings. The van der Waals surface area contributed by atoms with Crippen LogP contribution in [0.15, 0.2) is 40.9 Å². The van der Waals surface area contributed by atoms with E-state index in [1.165, 1.54) is 5.56 Å². The monoisotopic (exact) mass is 420 g/mol. The lowest BCUT2D eigenvalue weighted by molar-refractivity contribution is -0.134. The van der Waals surface area contributed by atoms with Crippen LogP contribution in [-0.4, -0.2) is 20.2 Å². The first-order valence-electron chi connectivity index (χ1n) is 8.46. The minimum Gasteiger partial charge on any atom is -0.493 e. The molecule has 0 spiro atoms. The highest BCUT2D eigenvalue weighted by molar-refractivity contribution is 9.10. The molecule has 0 aliphatic carbocycles. The van der Waals surface area contributed by atoms with Gasteiger partial charge in [-0.1, -0.05) is 48.8 Å². The van der Waals surface area contributed by atoms with Crippen LogP contribution in [-0.2, 0) is 16.6 Å². The van der Waals surface area contributed by atoms with Crippen LogP contribution in [0.1, 0.15) is 38.3 Å². The molecule has 5 heteroatoms. The molecule has 0 radical (unpaired) electrons. The van der Waals surface area contributed by atoms with E-state index in [2.05, 4.69) is 36.7 Å². The molecule has 0 aliphatic heterocycles. The van der Waals surface area contributed by atoms with Gasteiger partial charge in [0.05, 0.1) is 20.6 Å². The van der Waals surface area contributed by atoms with E-state index in [0.717, 1.165) is 10.0 Å². The van der Waals surface area contributed by atoms with E-state index in [0.29, 0.717) is 23.7 Å². The number of hydrogen-bond acceptors (Lipinski definition) is 4. The molecule has 2 aromatic carbocycles. The Balaban J connectivity index is 1.99. The number of benzene rings is 2. The van der Waals surface area contributed by atoms with E-state index in [1.54, 1.807) is 14.2 Å². The van der Waals surface area contributed by atoms with Crippen LogP contribution in [0.2, 0.25) is 0 Å². The number of halogens is 1. The molecule has 0 amide bonds. The van der Waals surface area contributed by atoms with Crippen LogP contribution >= 0.6 is 15.9 Å². The predicted octanol–water partition coefficient (Wildman–Crippen LogP) is 5.30. The molecule has 2 rings (SSSR count). The fourth-order valence-electron chi connectivity index (χ4n) is 2.53. The van der Waals surface area contributed by atoms with Gasteiger partial charge < -0.3 is 14.2 Å². The third-order valence-electron chi connectivity index (χ3n) is 4.10. The number of carbonyl (C=O) groups is 1. The van der Waals surface area contributed by atoms with E-state index in [4.69, 9.17) is 14.2 Å². The van der Waals surface area contributed by atoms with Crippen molar-refractivity contribution in [1.82, 2.24) is 0 Å². The van der Waals surface area contributed by atoms with Gasteiger partial charge in [0.15, 0.2) is 11.5 Å². The zero-order valence-electron chi connectivity index (χ0n) is 15.9. The summed E-state index contributed by atoms with van der Waals surface area (Å²) in [5.74, 6) is 1.58. The highest BCUT2D eigenvalue weighted by Gasteiger charge is 2.15. The van der Waals surface area contributed by atoms with Crippen LogP contribution in [0, 0.1) is 0 Å². The zero-order valence-corrected chi connectivity index (χ0v) is 17.5. The first-order valence-corrected chi connectivity index (χ1v) is 9.25. The summed E-state index contributed by atoms with van der Waals surface area (Å²) in [6.45, 7) is 6.44. The molecule has 26 heavy (non-hydrogen) atoms. The Bertz CT molecular complexity index is 761. The number of esters is 1. The van der Waals surface area contributed by atoms with Gasteiger partial charge in [-0.3, -0.25) is 4.79 Å². The Morgan fingerprint density at radius 3 is 2.12 bits per heavy atom. The van der Waals surface area contributed by atoms with Crippen LogP contribution in [0.3, 0.4) is 0 Å². The highest BCUT2D eigenvalue weighted by atomic mass is 79.9.